The van der Waals surface area contributed by atoms with E-state index in [0.717, 1.165) is 27.7 Å². The molecule has 0 aliphatic carbocycles. The molecule has 138 valence electrons. The zero-order chi connectivity index (χ0) is 18.8. The summed E-state index contributed by atoms with van der Waals surface area (Å²) in [5, 5.41) is 3.55. The van der Waals surface area contributed by atoms with Gasteiger partial charge in [-0.3, -0.25) is 9.36 Å². The van der Waals surface area contributed by atoms with E-state index in [1.807, 2.05) is 42.6 Å². The first-order valence-corrected chi connectivity index (χ1v) is 10.4. The third-order valence-electron chi connectivity index (χ3n) is 4.23. The molecule has 3 aromatic heterocycles. The van der Waals surface area contributed by atoms with Crippen molar-refractivity contribution in [1.82, 2.24) is 14.5 Å². The first-order valence-electron chi connectivity index (χ1n) is 8.73. The number of hydrogen-bond donors (Lipinski definition) is 0. The first-order chi connectivity index (χ1) is 13.1. The second-order valence-corrected chi connectivity index (χ2v) is 8.35. The Hall–Kier alpha value is -2.51. The maximum absolute atomic E-state index is 12.7. The molecule has 0 saturated heterocycles. The van der Waals surface area contributed by atoms with E-state index in [2.05, 4.69) is 16.9 Å². The number of thiophene rings is 1. The van der Waals surface area contributed by atoms with E-state index in [-0.39, 0.29) is 5.56 Å². The van der Waals surface area contributed by atoms with Crippen LogP contribution in [0.5, 0.6) is 5.75 Å². The number of aryl methyl sites for hydroxylation is 2. The normalized spacial score (nSPS) is 11.2. The van der Waals surface area contributed by atoms with Crippen LogP contribution in [0.15, 0.2) is 46.8 Å². The Kier molecular flexibility index (Phi) is 5.05. The van der Waals surface area contributed by atoms with Gasteiger partial charge in [-0.25, -0.2) is 9.97 Å². The standard InChI is InChI=1S/C20H19N3O2S2/c1-3-16-8-17-19(27-16)21-12-23(20(17)24)9-14-11-26-18(22-14)10-25-15-6-4-13(2)5-7-15/h4-8,11-12H,3,9-10H2,1-2H3. The summed E-state index contributed by atoms with van der Waals surface area (Å²) in [6.07, 6.45) is 2.53. The maximum atomic E-state index is 12.7. The van der Waals surface area contributed by atoms with E-state index in [4.69, 9.17) is 4.74 Å². The highest BCUT2D eigenvalue weighted by Gasteiger charge is 2.10. The third kappa shape index (κ3) is 3.94. The van der Waals surface area contributed by atoms with E-state index in [9.17, 15) is 4.79 Å². The van der Waals surface area contributed by atoms with Crippen LogP contribution in [0, 0.1) is 6.92 Å². The van der Waals surface area contributed by atoms with Crippen molar-refractivity contribution in [1.29, 1.82) is 0 Å². The number of hydrogen-bond acceptors (Lipinski definition) is 6. The molecule has 0 N–H and O–H groups in total. The van der Waals surface area contributed by atoms with Gasteiger partial charge < -0.3 is 4.74 Å². The van der Waals surface area contributed by atoms with E-state index < -0.39 is 0 Å². The zero-order valence-electron chi connectivity index (χ0n) is 15.1. The molecule has 0 atom stereocenters. The van der Waals surface area contributed by atoms with Crippen LogP contribution in [0.3, 0.4) is 0 Å². The highest BCUT2D eigenvalue weighted by Crippen LogP contribution is 2.21. The number of nitrogens with zero attached hydrogens (tertiary/aromatic N) is 3. The molecule has 1 aromatic carbocycles. The molecule has 0 radical (unpaired) electrons. The van der Waals surface area contributed by atoms with Crippen LogP contribution in [0.1, 0.15) is 28.1 Å². The summed E-state index contributed by atoms with van der Waals surface area (Å²) in [4.78, 5) is 23.7. The van der Waals surface area contributed by atoms with Gasteiger partial charge in [-0.2, -0.15) is 0 Å². The Balaban J connectivity index is 1.47. The SMILES string of the molecule is CCc1cc2c(=O)n(Cc3csc(COc4ccc(C)cc4)n3)cnc2s1. The summed E-state index contributed by atoms with van der Waals surface area (Å²) in [6.45, 7) is 4.97. The largest absolute Gasteiger partial charge is 0.486 e. The lowest BCUT2D eigenvalue weighted by Crippen LogP contribution is -2.20. The number of rotatable bonds is 6. The molecule has 3 heterocycles. The van der Waals surface area contributed by atoms with Crippen molar-refractivity contribution in [2.45, 2.75) is 33.4 Å². The highest BCUT2D eigenvalue weighted by molar-refractivity contribution is 7.18. The number of fused-ring (bicyclic) bond motifs is 1. The Morgan fingerprint density at radius 1 is 1.22 bits per heavy atom. The molecule has 4 aromatic rings. The number of benzene rings is 1. The first kappa shape index (κ1) is 17.9. The summed E-state index contributed by atoms with van der Waals surface area (Å²) < 4.78 is 7.39. The molecule has 0 fully saturated rings. The van der Waals surface area contributed by atoms with Crippen LogP contribution in [0.2, 0.25) is 0 Å². The average molecular weight is 398 g/mol. The van der Waals surface area contributed by atoms with Gasteiger partial charge in [0.15, 0.2) is 0 Å². The molecule has 0 amide bonds. The Morgan fingerprint density at radius 2 is 2.04 bits per heavy atom. The van der Waals surface area contributed by atoms with Gasteiger partial charge in [0.2, 0.25) is 0 Å². The lowest BCUT2D eigenvalue weighted by atomic mass is 10.2. The van der Waals surface area contributed by atoms with E-state index in [1.165, 1.54) is 21.8 Å². The lowest BCUT2D eigenvalue weighted by Gasteiger charge is -2.04. The van der Waals surface area contributed by atoms with Gasteiger partial charge in [-0.15, -0.1) is 22.7 Å². The molecule has 0 saturated carbocycles. The molecule has 0 aliphatic heterocycles. The van der Waals surface area contributed by atoms with Gasteiger partial charge >= 0.3 is 0 Å². The van der Waals surface area contributed by atoms with E-state index in [0.29, 0.717) is 18.5 Å². The number of thiazole rings is 1. The highest BCUT2D eigenvalue weighted by atomic mass is 32.1. The van der Waals surface area contributed by atoms with Crippen molar-refractivity contribution in [3.63, 3.8) is 0 Å². The molecule has 5 nitrogen and oxygen atoms in total. The molecular weight excluding hydrogens is 378 g/mol. The van der Waals surface area contributed by atoms with E-state index >= 15 is 0 Å². The smallest absolute Gasteiger partial charge is 0.262 e. The van der Waals surface area contributed by atoms with Gasteiger partial charge in [-0.1, -0.05) is 24.6 Å². The van der Waals surface area contributed by atoms with Crippen LogP contribution in [0.25, 0.3) is 10.2 Å². The Bertz CT molecular complexity index is 1130. The van der Waals surface area contributed by atoms with Crippen LogP contribution in [-0.4, -0.2) is 14.5 Å². The molecule has 0 bridgehead atoms. The van der Waals surface area contributed by atoms with Gasteiger partial charge in [-0.05, 0) is 31.5 Å². The minimum Gasteiger partial charge on any atom is -0.486 e. The van der Waals surface area contributed by atoms with Crippen LogP contribution in [0.4, 0.5) is 0 Å². The van der Waals surface area contributed by atoms with Gasteiger partial charge in [0.05, 0.1) is 24.0 Å². The van der Waals surface area contributed by atoms with Crippen LogP contribution >= 0.6 is 22.7 Å². The predicted molar refractivity (Wildman–Crippen MR) is 110 cm³/mol. The maximum Gasteiger partial charge on any atom is 0.262 e. The number of ether oxygens (including phenoxy) is 1. The fraction of sp³-hybridized carbons (Fsp3) is 0.250. The van der Waals surface area contributed by atoms with Crippen molar-refractivity contribution < 1.29 is 4.74 Å². The van der Waals surface area contributed by atoms with Gasteiger partial charge in [0.1, 0.15) is 22.2 Å². The molecule has 0 spiro atoms. The van der Waals surface area contributed by atoms with Crippen LogP contribution < -0.4 is 10.3 Å². The minimum atomic E-state index is -0.0126. The summed E-state index contributed by atoms with van der Waals surface area (Å²) in [7, 11) is 0. The second kappa shape index (κ2) is 7.62. The molecule has 0 aliphatic rings. The molecule has 4 rings (SSSR count). The van der Waals surface area contributed by atoms with Gasteiger partial charge in [0.25, 0.3) is 5.56 Å². The van der Waals surface area contributed by atoms with Crippen molar-refractivity contribution in [2.24, 2.45) is 0 Å². The Morgan fingerprint density at radius 3 is 2.81 bits per heavy atom. The average Bonchev–Trinajstić information content (AvgIpc) is 3.30. The predicted octanol–water partition coefficient (Wildman–Crippen LogP) is 4.41. The quantitative estimate of drug-likeness (QED) is 0.483. The number of aromatic nitrogens is 3. The molecule has 0 unspecified atom stereocenters. The second-order valence-electron chi connectivity index (χ2n) is 6.30. The fourth-order valence-corrected chi connectivity index (χ4v) is 4.36. The summed E-state index contributed by atoms with van der Waals surface area (Å²) in [5.74, 6) is 0.826. The summed E-state index contributed by atoms with van der Waals surface area (Å²) in [6, 6.07) is 9.90. The summed E-state index contributed by atoms with van der Waals surface area (Å²) in [5.41, 5.74) is 2.03. The zero-order valence-corrected chi connectivity index (χ0v) is 16.8. The van der Waals surface area contributed by atoms with Crippen LogP contribution in [-0.2, 0) is 19.6 Å². The molecule has 7 heteroatoms. The fourth-order valence-electron chi connectivity index (χ4n) is 2.74. The monoisotopic (exact) mass is 397 g/mol. The lowest BCUT2D eigenvalue weighted by molar-refractivity contribution is 0.305. The molecular formula is C20H19N3O2S2. The van der Waals surface area contributed by atoms with Crippen molar-refractivity contribution in [2.75, 3.05) is 0 Å². The van der Waals surface area contributed by atoms with Crippen molar-refractivity contribution in [3.05, 3.63) is 73.5 Å². The van der Waals surface area contributed by atoms with Crippen molar-refractivity contribution in [3.8, 4) is 5.75 Å². The third-order valence-corrected chi connectivity index (χ3v) is 6.29. The topological polar surface area (TPSA) is 57.0 Å². The molecule has 27 heavy (non-hydrogen) atoms. The van der Waals surface area contributed by atoms with E-state index in [1.54, 1.807) is 22.2 Å². The Labute approximate surface area is 164 Å². The minimum absolute atomic E-state index is 0.0126. The van der Waals surface area contributed by atoms with Crippen molar-refractivity contribution >= 4 is 32.9 Å². The summed E-state index contributed by atoms with van der Waals surface area (Å²) >= 11 is 3.12. The van der Waals surface area contributed by atoms with Gasteiger partial charge in [0, 0.05) is 10.3 Å².